The van der Waals surface area contributed by atoms with Gasteiger partial charge in [-0.2, -0.15) is 0 Å². The van der Waals surface area contributed by atoms with Crippen molar-refractivity contribution in [3.8, 4) is 0 Å². The van der Waals surface area contributed by atoms with Gasteiger partial charge >= 0.3 is 0 Å². The van der Waals surface area contributed by atoms with E-state index in [-0.39, 0.29) is 34.9 Å². The van der Waals surface area contributed by atoms with E-state index < -0.39 is 15.7 Å². The van der Waals surface area contributed by atoms with Crippen molar-refractivity contribution in [1.29, 1.82) is 0 Å². The summed E-state index contributed by atoms with van der Waals surface area (Å²) in [5.74, 6) is -0.666. The summed E-state index contributed by atoms with van der Waals surface area (Å²) in [7, 11) is -1.73. The summed E-state index contributed by atoms with van der Waals surface area (Å²) in [6.45, 7) is 2.34. The molecule has 1 heterocycles. The Balaban J connectivity index is 0.00000288. The van der Waals surface area contributed by atoms with Gasteiger partial charge in [0.25, 0.3) is 5.91 Å². The largest absolute Gasteiger partial charge is 0.459 e. The zero-order valence-corrected chi connectivity index (χ0v) is 15.1. The second-order valence-corrected chi connectivity index (χ2v) is 7.24. The number of benzene rings is 1. The number of hydrogen-bond donors (Lipinski definition) is 2. The van der Waals surface area contributed by atoms with Gasteiger partial charge < -0.3 is 15.1 Å². The van der Waals surface area contributed by atoms with Gasteiger partial charge in [0.05, 0.1) is 16.9 Å². The number of amides is 1. The highest BCUT2D eigenvalue weighted by molar-refractivity contribution is 7.90. The first-order chi connectivity index (χ1) is 10.9. The molecule has 1 aromatic heterocycles. The monoisotopic (exact) mass is 372 g/mol. The average molecular weight is 373 g/mol. The van der Waals surface area contributed by atoms with Gasteiger partial charge in [-0.3, -0.25) is 4.79 Å². The molecule has 0 aliphatic heterocycles. The lowest BCUT2D eigenvalue weighted by Crippen LogP contribution is -2.37. The molecule has 0 saturated carbocycles. The topological polar surface area (TPSA) is 88.4 Å². The predicted octanol–water partition coefficient (Wildman–Crippen LogP) is 2.01. The van der Waals surface area contributed by atoms with Crippen molar-refractivity contribution in [2.75, 3.05) is 13.6 Å². The van der Waals surface area contributed by atoms with E-state index in [1.165, 1.54) is 24.5 Å². The quantitative estimate of drug-likeness (QED) is 0.776. The maximum absolute atomic E-state index is 12.4. The molecular formula is C16H21ClN2O4S. The maximum Gasteiger partial charge on any atom is 0.287 e. The van der Waals surface area contributed by atoms with Crippen LogP contribution in [0.25, 0.3) is 0 Å². The molecule has 1 unspecified atom stereocenters. The molecule has 1 amide bonds. The van der Waals surface area contributed by atoms with Crippen molar-refractivity contribution in [1.82, 2.24) is 10.6 Å². The number of furan rings is 1. The molecule has 2 aromatic rings. The maximum atomic E-state index is 12.4. The normalized spacial score (nSPS) is 12.2. The molecular weight excluding hydrogens is 352 g/mol. The Kier molecular flexibility index (Phi) is 7.47. The fourth-order valence-electron chi connectivity index (χ4n) is 1.99. The third-order valence-corrected chi connectivity index (χ3v) is 5.14. The summed E-state index contributed by atoms with van der Waals surface area (Å²) in [5, 5.41) is 5.71. The van der Waals surface area contributed by atoms with Crippen LogP contribution in [0, 0.1) is 0 Å². The molecule has 8 heteroatoms. The van der Waals surface area contributed by atoms with Crippen LogP contribution in [0.3, 0.4) is 0 Å². The summed E-state index contributed by atoms with van der Waals surface area (Å²) in [6, 6.07) is 9.75. The lowest BCUT2D eigenvalue weighted by Gasteiger charge is -2.11. The van der Waals surface area contributed by atoms with Gasteiger partial charge in [-0.05, 0) is 32.2 Å². The van der Waals surface area contributed by atoms with Crippen LogP contribution in [0.4, 0.5) is 0 Å². The summed E-state index contributed by atoms with van der Waals surface area (Å²) < 4.78 is 30.0. The highest BCUT2D eigenvalue weighted by Gasteiger charge is 2.22. The van der Waals surface area contributed by atoms with Crippen molar-refractivity contribution < 1.29 is 17.6 Å². The van der Waals surface area contributed by atoms with Crippen molar-refractivity contribution in [3.05, 3.63) is 54.0 Å². The Hall–Kier alpha value is -1.83. The summed E-state index contributed by atoms with van der Waals surface area (Å²) in [4.78, 5) is 12.4. The van der Waals surface area contributed by atoms with E-state index in [9.17, 15) is 13.2 Å². The highest BCUT2D eigenvalue weighted by atomic mass is 35.5. The number of rotatable bonds is 7. The van der Waals surface area contributed by atoms with E-state index in [2.05, 4.69) is 10.6 Å². The summed E-state index contributed by atoms with van der Waals surface area (Å²) >= 11 is 0. The van der Waals surface area contributed by atoms with E-state index >= 15 is 0 Å². The van der Waals surface area contributed by atoms with Gasteiger partial charge in [0, 0.05) is 18.2 Å². The van der Waals surface area contributed by atoms with Crippen LogP contribution in [0.5, 0.6) is 0 Å². The first-order valence-electron chi connectivity index (χ1n) is 7.23. The van der Waals surface area contributed by atoms with Crippen LogP contribution in [0.15, 0.2) is 52.0 Å². The van der Waals surface area contributed by atoms with Crippen molar-refractivity contribution in [3.63, 3.8) is 0 Å². The Morgan fingerprint density at radius 3 is 2.50 bits per heavy atom. The van der Waals surface area contributed by atoms with Crippen LogP contribution in [0.1, 0.15) is 23.0 Å². The molecule has 132 valence electrons. The minimum Gasteiger partial charge on any atom is -0.459 e. The smallest absolute Gasteiger partial charge is 0.287 e. The zero-order valence-electron chi connectivity index (χ0n) is 13.5. The number of sulfone groups is 1. The molecule has 24 heavy (non-hydrogen) atoms. The number of hydrogen-bond acceptors (Lipinski definition) is 5. The SMILES string of the molecule is CNC(C)CNC(=O)c1occc1CS(=O)(=O)c1ccccc1.Cl. The van der Waals surface area contributed by atoms with Gasteiger partial charge in [-0.1, -0.05) is 18.2 Å². The van der Waals surface area contributed by atoms with Gasteiger partial charge in [-0.25, -0.2) is 8.42 Å². The van der Waals surface area contributed by atoms with Gasteiger partial charge in [0.2, 0.25) is 0 Å². The van der Waals surface area contributed by atoms with Crippen LogP contribution in [-0.4, -0.2) is 34.0 Å². The first kappa shape index (κ1) is 20.2. The third-order valence-electron chi connectivity index (χ3n) is 3.46. The number of nitrogens with one attached hydrogen (secondary N) is 2. The van der Waals surface area contributed by atoms with E-state index in [4.69, 9.17) is 4.42 Å². The molecule has 2 N–H and O–H groups in total. The summed E-state index contributed by atoms with van der Waals surface area (Å²) in [6.07, 6.45) is 1.33. The second-order valence-electron chi connectivity index (χ2n) is 5.25. The van der Waals surface area contributed by atoms with Crippen LogP contribution in [0.2, 0.25) is 0 Å². The van der Waals surface area contributed by atoms with Crippen LogP contribution in [-0.2, 0) is 15.6 Å². The first-order valence-corrected chi connectivity index (χ1v) is 8.89. The van der Waals surface area contributed by atoms with E-state index in [0.717, 1.165) is 0 Å². The number of halogens is 1. The lowest BCUT2D eigenvalue weighted by molar-refractivity contribution is 0.0922. The molecule has 0 aliphatic rings. The van der Waals surface area contributed by atoms with Crippen molar-refractivity contribution in [2.24, 2.45) is 0 Å². The number of carbonyl (C=O) groups is 1. The molecule has 0 fully saturated rings. The highest BCUT2D eigenvalue weighted by Crippen LogP contribution is 2.19. The van der Waals surface area contributed by atoms with Gasteiger partial charge in [0.1, 0.15) is 0 Å². The molecule has 2 rings (SSSR count). The Morgan fingerprint density at radius 2 is 1.88 bits per heavy atom. The predicted molar refractivity (Wildman–Crippen MR) is 94.1 cm³/mol. The minimum absolute atomic E-state index is 0. The fourth-order valence-corrected chi connectivity index (χ4v) is 3.37. The minimum atomic E-state index is -3.53. The van der Waals surface area contributed by atoms with E-state index in [1.54, 1.807) is 25.2 Å². The lowest BCUT2D eigenvalue weighted by atomic mass is 10.2. The molecule has 1 atom stereocenters. The number of carbonyl (C=O) groups excluding carboxylic acids is 1. The van der Waals surface area contributed by atoms with Crippen LogP contribution >= 0.6 is 12.4 Å². The van der Waals surface area contributed by atoms with Crippen molar-refractivity contribution in [2.45, 2.75) is 23.6 Å². The summed E-state index contributed by atoms with van der Waals surface area (Å²) in [5.41, 5.74) is 0.350. The van der Waals surface area contributed by atoms with Gasteiger partial charge in [-0.15, -0.1) is 12.4 Å². The molecule has 0 spiro atoms. The van der Waals surface area contributed by atoms with E-state index in [1.807, 2.05) is 6.92 Å². The van der Waals surface area contributed by atoms with Crippen LogP contribution < -0.4 is 10.6 Å². The Morgan fingerprint density at radius 1 is 1.21 bits per heavy atom. The fraction of sp³-hybridized carbons (Fsp3) is 0.312. The number of likely N-dealkylation sites (N-methyl/N-ethyl adjacent to an activating group) is 1. The van der Waals surface area contributed by atoms with Crippen molar-refractivity contribution >= 4 is 28.2 Å². The molecule has 0 radical (unpaired) electrons. The second kappa shape index (κ2) is 8.86. The Bertz CT molecular complexity index is 759. The molecule has 1 aromatic carbocycles. The average Bonchev–Trinajstić information content (AvgIpc) is 3.00. The standard InChI is InChI=1S/C16H20N2O4S.ClH/c1-12(17-2)10-18-16(19)15-13(8-9-22-15)11-23(20,21)14-6-4-3-5-7-14;/h3-9,12,17H,10-11H2,1-2H3,(H,18,19);1H. The molecule has 0 aliphatic carbocycles. The zero-order chi connectivity index (χ0) is 16.9. The van der Waals surface area contributed by atoms with Gasteiger partial charge in [0.15, 0.2) is 15.6 Å². The molecule has 0 bridgehead atoms. The molecule has 6 nitrogen and oxygen atoms in total. The Labute approximate surface area is 148 Å². The molecule has 0 saturated heterocycles. The third kappa shape index (κ3) is 5.09. The van der Waals surface area contributed by atoms with E-state index in [0.29, 0.717) is 12.1 Å².